The fraction of sp³-hybridized carbons (Fsp3) is 0.562. The van der Waals surface area contributed by atoms with Crippen LogP contribution in [0.2, 0.25) is 0 Å². The molecule has 2 rings (SSSR count). The summed E-state index contributed by atoms with van der Waals surface area (Å²) in [5, 5.41) is 0. The Hall–Kier alpha value is -0.580. The third kappa shape index (κ3) is 4.21. The summed E-state index contributed by atoms with van der Waals surface area (Å²) in [7, 11) is 0. The van der Waals surface area contributed by atoms with Crippen molar-refractivity contribution in [2.75, 3.05) is 13.1 Å². The summed E-state index contributed by atoms with van der Waals surface area (Å²) in [5.74, 6) is 0.659. The molecule has 21 heavy (non-hydrogen) atoms. The molecule has 0 aliphatic carbocycles. The quantitative estimate of drug-likeness (QED) is 0.875. The number of halogens is 2. The van der Waals surface area contributed by atoms with Gasteiger partial charge in [0, 0.05) is 17.6 Å². The molecule has 1 saturated heterocycles. The van der Waals surface area contributed by atoms with E-state index >= 15 is 0 Å². The molecule has 0 radical (unpaired) electrons. The normalized spacial score (nSPS) is 21.3. The number of hydrogen-bond donors (Lipinski definition) is 1. The molecule has 3 nitrogen and oxygen atoms in total. The van der Waals surface area contributed by atoms with E-state index in [1.54, 1.807) is 0 Å². The Morgan fingerprint density at radius 1 is 1.43 bits per heavy atom. The Bertz CT molecular complexity index is 476. The molecule has 1 aliphatic rings. The Kier molecular flexibility index (Phi) is 6.70. The minimum Gasteiger partial charge on any atom is -0.341 e. The van der Waals surface area contributed by atoms with Gasteiger partial charge in [0.15, 0.2) is 0 Å². The number of piperidine rings is 1. The predicted octanol–water partition coefficient (Wildman–Crippen LogP) is 3.69. The number of likely N-dealkylation sites (tertiary alicyclic amines) is 1. The average molecular weight is 376 g/mol. The number of carbonyl (C=O) groups excluding carboxylic acids is 1. The second-order valence-corrected chi connectivity index (χ2v) is 6.79. The SMILES string of the molecule is CCC1CCCN(C(=O)C(C)(N)c2ccc(Br)cc2)C1.Cl. The van der Waals surface area contributed by atoms with E-state index in [1.165, 1.54) is 6.42 Å². The van der Waals surface area contributed by atoms with Gasteiger partial charge in [0.2, 0.25) is 5.91 Å². The van der Waals surface area contributed by atoms with Crippen LogP contribution in [0.15, 0.2) is 28.7 Å². The lowest BCUT2D eigenvalue weighted by molar-refractivity contribution is -0.138. The van der Waals surface area contributed by atoms with Crippen molar-refractivity contribution in [2.45, 2.75) is 38.6 Å². The average Bonchev–Trinajstić information content (AvgIpc) is 2.47. The first kappa shape index (κ1) is 18.5. The van der Waals surface area contributed by atoms with Crippen molar-refractivity contribution in [1.82, 2.24) is 4.90 Å². The molecule has 1 fully saturated rings. The molecule has 0 bridgehead atoms. The largest absolute Gasteiger partial charge is 0.341 e. The standard InChI is InChI=1S/C16H23BrN2O.ClH/c1-3-12-5-4-10-19(11-12)15(20)16(2,18)13-6-8-14(17)9-7-13;/h6-9,12H,3-5,10-11,18H2,1-2H3;1H. The minimum absolute atomic E-state index is 0. The van der Waals surface area contributed by atoms with Crippen LogP contribution in [0.5, 0.6) is 0 Å². The van der Waals surface area contributed by atoms with Crippen molar-refractivity contribution in [2.24, 2.45) is 11.7 Å². The van der Waals surface area contributed by atoms with Crippen LogP contribution in [0.25, 0.3) is 0 Å². The van der Waals surface area contributed by atoms with E-state index in [9.17, 15) is 4.79 Å². The zero-order chi connectivity index (χ0) is 14.8. The number of hydrogen-bond acceptors (Lipinski definition) is 2. The maximum atomic E-state index is 12.8. The van der Waals surface area contributed by atoms with E-state index in [0.29, 0.717) is 5.92 Å². The number of nitrogens with two attached hydrogens (primary N) is 1. The van der Waals surface area contributed by atoms with Gasteiger partial charge in [-0.1, -0.05) is 41.4 Å². The van der Waals surface area contributed by atoms with E-state index in [2.05, 4.69) is 22.9 Å². The number of benzene rings is 1. The van der Waals surface area contributed by atoms with Gasteiger partial charge in [0.05, 0.1) is 0 Å². The van der Waals surface area contributed by atoms with E-state index in [1.807, 2.05) is 36.1 Å². The fourth-order valence-corrected chi connectivity index (χ4v) is 3.10. The lowest BCUT2D eigenvalue weighted by Gasteiger charge is -2.37. The summed E-state index contributed by atoms with van der Waals surface area (Å²) >= 11 is 3.41. The van der Waals surface area contributed by atoms with Gasteiger partial charge in [-0.15, -0.1) is 12.4 Å². The monoisotopic (exact) mass is 374 g/mol. The van der Waals surface area contributed by atoms with Crippen LogP contribution in [0.3, 0.4) is 0 Å². The summed E-state index contributed by atoms with van der Waals surface area (Å²) in [5.41, 5.74) is 6.26. The van der Waals surface area contributed by atoms with Crippen molar-refractivity contribution in [3.05, 3.63) is 34.3 Å². The second kappa shape index (κ2) is 7.61. The molecular formula is C16H24BrClN2O. The van der Waals surface area contributed by atoms with Crippen LogP contribution in [-0.4, -0.2) is 23.9 Å². The highest BCUT2D eigenvalue weighted by atomic mass is 79.9. The number of carbonyl (C=O) groups is 1. The highest BCUT2D eigenvalue weighted by Crippen LogP contribution is 2.26. The molecule has 2 unspecified atom stereocenters. The molecule has 118 valence electrons. The lowest BCUT2D eigenvalue weighted by Crippen LogP contribution is -2.53. The minimum atomic E-state index is -0.948. The number of amides is 1. The van der Waals surface area contributed by atoms with E-state index in [0.717, 1.165) is 36.0 Å². The maximum Gasteiger partial charge on any atom is 0.246 e. The summed E-state index contributed by atoms with van der Waals surface area (Å²) in [4.78, 5) is 14.7. The summed E-state index contributed by atoms with van der Waals surface area (Å²) in [6, 6.07) is 7.70. The van der Waals surface area contributed by atoms with E-state index in [-0.39, 0.29) is 18.3 Å². The number of rotatable bonds is 3. The lowest BCUT2D eigenvalue weighted by atomic mass is 9.89. The molecule has 1 heterocycles. The van der Waals surface area contributed by atoms with Crippen LogP contribution in [0, 0.1) is 5.92 Å². The Labute approximate surface area is 141 Å². The first-order valence-corrected chi connectivity index (χ1v) is 8.08. The molecule has 2 N–H and O–H groups in total. The van der Waals surface area contributed by atoms with Crippen molar-refractivity contribution < 1.29 is 4.79 Å². The van der Waals surface area contributed by atoms with Crippen molar-refractivity contribution in [1.29, 1.82) is 0 Å². The zero-order valence-corrected chi connectivity index (χ0v) is 15.0. The molecule has 1 aromatic carbocycles. The van der Waals surface area contributed by atoms with Crippen molar-refractivity contribution in [3.63, 3.8) is 0 Å². The molecule has 2 atom stereocenters. The third-order valence-corrected chi connectivity index (χ3v) is 4.80. The van der Waals surface area contributed by atoms with Crippen LogP contribution in [-0.2, 0) is 10.3 Å². The van der Waals surface area contributed by atoms with Crippen LogP contribution < -0.4 is 5.73 Å². The van der Waals surface area contributed by atoms with Crippen molar-refractivity contribution >= 4 is 34.2 Å². The molecule has 1 aromatic rings. The van der Waals surface area contributed by atoms with Gasteiger partial charge in [0.25, 0.3) is 0 Å². The van der Waals surface area contributed by atoms with Gasteiger partial charge in [-0.2, -0.15) is 0 Å². The van der Waals surface area contributed by atoms with Gasteiger partial charge in [0.1, 0.15) is 5.54 Å². The van der Waals surface area contributed by atoms with E-state index in [4.69, 9.17) is 5.73 Å². The fourth-order valence-electron chi connectivity index (χ4n) is 2.83. The van der Waals surface area contributed by atoms with Crippen LogP contribution >= 0.6 is 28.3 Å². The van der Waals surface area contributed by atoms with Gasteiger partial charge < -0.3 is 10.6 Å². The molecule has 0 aromatic heterocycles. The summed E-state index contributed by atoms with van der Waals surface area (Å²) in [6.07, 6.45) is 3.43. The first-order valence-electron chi connectivity index (χ1n) is 7.29. The highest BCUT2D eigenvalue weighted by Gasteiger charge is 2.36. The van der Waals surface area contributed by atoms with Gasteiger partial charge in [-0.25, -0.2) is 0 Å². The summed E-state index contributed by atoms with van der Waals surface area (Å²) < 4.78 is 0.994. The molecular weight excluding hydrogens is 352 g/mol. The summed E-state index contributed by atoms with van der Waals surface area (Å²) in [6.45, 7) is 5.68. The Balaban J connectivity index is 0.00000220. The molecule has 5 heteroatoms. The topological polar surface area (TPSA) is 46.3 Å². The van der Waals surface area contributed by atoms with E-state index < -0.39 is 5.54 Å². The first-order chi connectivity index (χ1) is 9.45. The predicted molar refractivity (Wildman–Crippen MR) is 92.5 cm³/mol. The zero-order valence-electron chi connectivity index (χ0n) is 12.6. The van der Waals surface area contributed by atoms with Gasteiger partial charge in [-0.3, -0.25) is 4.79 Å². The van der Waals surface area contributed by atoms with Crippen molar-refractivity contribution in [3.8, 4) is 0 Å². The molecule has 0 spiro atoms. The maximum absolute atomic E-state index is 12.8. The third-order valence-electron chi connectivity index (χ3n) is 4.27. The molecule has 1 aliphatic heterocycles. The van der Waals surface area contributed by atoms with Crippen LogP contribution in [0.4, 0.5) is 0 Å². The second-order valence-electron chi connectivity index (χ2n) is 5.88. The number of nitrogens with zero attached hydrogens (tertiary/aromatic N) is 1. The smallest absolute Gasteiger partial charge is 0.246 e. The van der Waals surface area contributed by atoms with Gasteiger partial charge >= 0.3 is 0 Å². The highest BCUT2D eigenvalue weighted by molar-refractivity contribution is 9.10. The molecule has 0 saturated carbocycles. The Morgan fingerprint density at radius 2 is 2.05 bits per heavy atom. The van der Waals surface area contributed by atoms with Crippen LogP contribution in [0.1, 0.15) is 38.7 Å². The van der Waals surface area contributed by atoms with Gasteiger partial charge in [-0.05, 0) is 43.4 Å². The molecule has 1 amide bonds. The Morgan fingerprint density at radius 3 is 2.62 bits per heavy atom.